The van der Waals surface area contributed by atoms with Gasteiger partial charge in [0, 0.05) is 0 Å². The second-order valence-corrected chi connectivity index (χ2v) is 8.13. The number of rotatable bonds is 10. The van der Waals surface area contributed by atoms with Crippen LogP contribution in [0.15, 0.2) is 65.8 Å². The van der Waals surface area contributed by atoms with Crippen molar-refractivity contribution in [1.29, 1.82) is 0 Å². The zero-order valence-corrected chi connectivity index (χ0v) is 20.9. The number of amides is 3. The molecule has 0 aliphatic rings. The Morgan fingerprint density at radius 2 is 1.65 bits per heavy atom. The highest BCUT2D eigenvalue weighted by atomic mass is 35.5. The molecule has 0 aliphatic carbocycles. The van der Waals surface area contributed by atoms with Crippen LogP contribution in [0.1, 0.15) is 12.0 Å². The number of hydrazone groups is 1. The third-order valence-electron chi connectivity index (χ3n) is 4.64. The number of hydrogen-bond donors (Lipinski definition) is 3. The molecule has 3 N–H and O–H groups in total. The molecule has 0 bridgehead atoms. The Hall–Kier alpha value is -4.15. The topological polar surface area (TPSA) is 118 Å². The van der Waals surface area contributed by atoms with Gasteiger partial charge in [0.1, 0.15) is 12.2 Å². The number of nitrogens with zero attached hydrogens (tertiary/aromatic N) is 1. The average molecular weight is 547 g/mol. The normalized spacial score (nSPS) is 10.6. The number of methoxy groups -OCH3 is 1. The molecule has 0 aromatic heterocycles. The average Bonchev–Trinajstić information content (AvgIpc) is 2.87. The molecule has 0 saturated heterocycles. The lowest BCUT2D eigenvalue weighted by atomic mass is 10.2. The van der Waals surface area contributed by atoms with E-state index in [1.807, 2.05) is 0 Å². The molecule has 3 aromatic rings. The van der Waals surface area contributed by atoms with Crippen molar-refractivity contribution < 1.29 is 28.2 Å². The fourth-order valence-electron chi connectivity index (χ4n) is 2.93. The standard InChI is InChI=1S/C25H21Cl2FN4O5/c1-36-21-11-15(9-10-20(21)37-14-24(35)30-18-7-3-2-6-17(18)28)13-29-32-23(34)12-22(33)31-19-8-4-5-16(26)25(19)27/h2-11,13H,12,14H2,1H3,(H,30,35)(H,31,33)(H,32,34). The molecule has 3 rings (SSSR count). The fourth-order valence-corrected chi connectivity index (χ4v) is 3.28. The first-order chi connectivity index (χ1) is 17.8. The molecule has 0 aliphatic heterocycles. The SMILES string of the molecule is COc1cc(C=NNC(=O)CC(=O)Nc2cccc(Cl)c2Cl)ccc1OCC(=O)Nc1ccccc1F. The largest absolute Gasteiger partial charge is 0.493 e. The Bertz CT molecular complexity index is 1340. The first-order valence-electron chi connectivity index (χ1n) is 10.7. The van der Waals surface area contributed by atoms with Crippen LogP contribution in [0, 0.1) is 5.82 Å². The highest BCUT2D eigenvalue weighted by Gasteiger charge is 2.13. The predicted molar refractivity (Wildman–Crippen MR) is 139 cm³/mol. The number of hydrogen-bond acceptors (Lipinski definition) is 6. The Balaban J connectivity index is 1.50. The number of carbonyl (C=O) groups excluding carboxylic acids is 3. The summed E-state index contributed by atoms with van der Waals surface area (Å²) in [6.07, 6.45) is 0.839. The summed E-state index contributed by atoms with van der Waals surface area (Å²) < 4.78 is 24.4. The summed E-state index contributed by atoms with van der Waals surface area (Å²) in [4.78, 5) is 36.2. The summed E-state index contributed by atoms with van der Waals surface area (Å²) in [6.45, 7) is -0.378. The van der Waals surface area contributed by atoms with Crippen LogP contribution in [0.25, 0.3) is 0 Å². The predicted octanol–water partition coefficient (Wildman–Crippen LogP) is 4.64. The molecular weight excluding hydrogens is 526 g/mol. The van der Waals surface area contributed by atoms with Gasteiger partial charge in [-0.15, -0.1) is 0 Å². The summed E-state index contributed by atoms with van der Waals surface area (Å²) in [5.74, 6) is -1.80. The second-order valence-electron chi connectivity index (χ2n) is 7.35. The number of para-hydroxylation sites is 1. The third-order valence-corrected chi connectivity index (χ3v) is 5.46. The monoisotopic (exact) mass is 546 g/mol. The number of ether oxygens (including phenoxy) is 2. The minimum atomic E-state index is -0.653. The number of benzene rings is 3. The van der Waals surface area contributed by atoms with E-state index < -0.39 is 30.0 Å². The van der Waals surface area contributed by atoms with Crippen molar-refractivity contribution in [2.45, 2.75) is 6.42 Å². The van der Waals surface area contributed by atoms with E-state index in [0.29, 0.717) is 11.3 Å². The van der Waals surface area contributed by atoms with Crippen molar-refractivity contribution in [2.24, 2.45) is 5.10 Å². The maximum atomic E-state index is 13.7. The number of carbonyl (C=O) groups is 3. The van der Waals surface area contributed by atoms with Gasteiger partial charge >= 0.3 is 0 Å². The van der Waals surface area contributed by atoms with Gasteiger partial charge in [-0.3, -0.25) is 14.4 Å². The van der Waals surface area contributed by atoms with Crippen LogP contribution in [0.4, 0.5) is 15.8 Å². The lowest BCUT2D eigenvalue weighted by Crippen LogP contribution is -2.24. The maximum absolute atomic E-state index is 13.7. The highest BCUT2D eigenvalue weighted by molar-refractivity contribution is 6.44. The summed E-state index contributed by atoms with van der Waals surface area (Å²) >= 11 is 11.9. The molecule has 0 heterocycles. The summed E-state index contributed by atoms with van der Waals surface area (Å²) in [5, 5.41) is 9.18. The number of anilines is 2. The molecule has 0 fully saturated rings. The molecule has 0 radical (unpaired) electrons. The minimum Gasteiger partial charge on any atom is -0.493 e. The number of nitrogens with one attached hydrogen (secondary N) is 3. The van der Waals surface area contributed by atoms with Crippen molar-refractivity contribution >= 4 is 58.5 Å². The molecule has 3 aromatic carbocycles. The summed E-state index contributed by atoms with van der Waals surface area (Å²) in [7, 11) is 1.41. The van der Waals surface area contributed by atoms with Crippen LogP contribution in [-0.4, -0.2) is 37.7 Å². The van der Waals surface area contributed by atoms with Crippen molar-refractivity contribution in [3.05, 3.63) is 82.1 Å². The lowest BCUT2D eigenvalue weighted by Gasteiger charge is -2.11. The molecule has 0 atom stereocenters. The van der Waals surface area contributed by atoms with E-state index in [1.54, 1.807) is 42.5 Å². The molecule has 12 heteroatoms. The maximum Gasteiger partial charge on any atom is 0.262 e. The van der Waals surface area contributed by atoms with Gasteiger partial charge in [0.05, 0.1) is 34.7 Å². The van der Waals surface area contributed by atoms with Crippen molar-refractivity contribution in [3.63, 3.8) is 0 Å². The highest BCUT2D eigenvalue weighted by Crippen LogP contribution is 2.30. The van der Waals surface area contributed by atoms with Gasteiger partial charge in [0.2, 0.25) is 11.8 Å². The fraction of sp³-hybridized carbons (Fsp3) is 0.120. The van der Waals surface area contributed by atoms with Gasteiger partial charge in [0.15, 0.2) is 18.1 Å². The van der Waals surface area contributed by atoms with Crippen LogP contribution >= 0.6 is 23.2 Å². The van der Waals surface area contributed by atoms with Gasteiger partial charge in [-0.2, -0.15) is 5.10 Å². The molecule has 0 spiro atoms. The Morgan fingerprint density at radius 3 is 2.41 bits per heavy atom. The van der Waals surface area contributed by atoms with Crippen LogP contribution in [0.5, 0.6) is 11.5 Å². The summed E-state index contributed by atoms with van der Waals surface area (Å²) in [6, 6.07) is 15.2. The Labute approximate surface area is 221 Å². The van der Waals surface area contributed by atoms with E-state index >= 15 is 0 Å². The van der Waals surface area contributed by atoms with E-state index in [0.717, 1.165) is 0 Å². The molecule has 0 unspecified atom stereocenters. The summed E-state index contributed by atoms with van der Waals surface area (Å²) in [5.41, 5.74) is 3.12. The lowest BCUT2D eigenvalue weighted by molar-refractivity contribution is -0.126. The van der Waals surface area contributed by atoms with Gasteiger partial charge < -0.3 is 20.1 Å². The molecule has 0 saturated carbocycles. The van der Waals surface area contributed by atoms with E-state index in [-0.39, 0.29) is 33.8 Å². The van der Waals surface area contributed by atoms with Crippen molar-refractivity contribution in [2.75, 3.05) is 24.4 Å². The van der Waals surface area contributed by atoms with Crippen LogP contribution in [-0.2, 0) is 14.4 Å². The van der Waals surface area contributed by atoms with Crippen LogP contribution in [0.2, 0.25) is 10.0 Å². The minimum absolute atomic E-state index is 0.0439. The zero-order chi connectivity index (χ0) is 26.8. The smallest absolute Gasteiger partial charge is 0.262 e. The van der Waals surface area contributed by atoms with Gasteiger partial charge in [-0.25, -0.2) is 9.82 Å². The second kappa shape index (κ2) is 13.2. The Kier molecular flexibility index (Phi) is 9.82. The molecule has 37 heavy (non-hydrogen) atoms. The van der Waals surface area contributed by atoms with Crippen molar-refractivity contribution in [1.82, 2.24) is 5.43 Å². The van der Waals surface area contributed by atoms with Crippen LogP contribution < -0.4 is 25.5 Å². The molecular formula is C25H21Cl2FN4O5. The third kappa shape index (κ3) is 8.19. The Morgan fingerprint density at radius 1 is 0.919 bits per heavy atom. The quantitative estimate of drug-likeness (QED) is 0.194. The van der Waals surface area contributed by atoms with E-state index in [2.05, 4.69) is 21.2 Å². The first-order valence-corrected chi connectivity index (χ1v) is 11.4. The molecule has 9 nitrogen and oxygen atoms in total. The van der Waals surface area contributed by atoms with E-state index in [1.165, 1.54) is 31.5 Å². The van der Waals surface area contributed by atoms with Gasteiger partial charge in [0.25, 0.3) is 5.91 Å². The molecule has 3 amide bonds. The molecule has 192 valence electrons. The first kappa shape index (κ1) is 27.4. The van der Waals surface area contributed by atoms with E-state index in [9.17, 15) is 18.8 Å². The number of halogens is 3. The van der Waals surface area contributed by atoms with E-state index in [4.69, 9.17) is 32.7 Å². The van der Waals surface area contributed by atoms with Crippen molar-refractivity contribution in [3.8, 4) is 11.5 Å². The van der Waals surface area contributed by atoms with Gasteiger partial charge in [-0.05, 0) is 48.0 Å². The van der Waals surface area contributed by atoms with Gasteiger partial charge in [-0.1, -0.05) is 41.4 Å². The van der Waals surface area contributed by atoms with Crippen LogP contribution in [0.3, 0.4) is 0 Å². The zero-order valence-electron chi connectivity index (χ0n) is 19.4.